The first-order valence-electron chi connectivity index (χ1n) is 2.80. The maximum absolute atomic E-state index is 7.92. The summed E-state index contributed by atoms with van der Waals surface area (Å²) in [5.41, 5.74) is 0.773. The van der Waals surface area contributed by atoms with Gasteiger partial charge >= 0.3 is 0 Å². The van der Waals surface area contributed by atoms with E-state index in [1.54, 1.807) is 21.1 Å². The van der Waals surface area contributed by atoms with Gasteiger partial charge in [0.25, 0.3) is 0 Å². The molecule has 56 valence electrons. The molecule has 0 aromatic carbocycles. The summed E-state index contributed by atoms with van der Waals surface area (Å²) in [6.07, 6.45) is 0.830. The monoisotopic (exact) mass is 133 g/mol. The van der Waals surface area contributed by atoms with Crippen molar-refractivity contribution >= 4 is 5.71 Å². The van der Waals surface area contributed by atoms with E-state index in [4.69, 9.17) is 5.21 Å². The normalized spacial score (nSPS) is 10.0. The van der Waals surface area contributed by atoms with Crippen LogP contribution in [0.25, 0.3) is 0 Å². The minimum Gasteiger partial charge on any atom is -0.411 e. The van der Waals surface area contributed by atoms with Crippen LogP contribution in [-0.4, -0.2) is 25.1 Å². The highest BCUT2D eigenvalue weighted by Crippen LogP contribution is 1.78. The van der Waals surface area contributed by atoms with Gasteiger partial charge in [-0.25, -0.2) is 0 Å². The summed E-state index contributed by atoms with van der Waals surface area (Å²) in [6, 6.07) is 0. The van der Waals surface area contributed by atoms with Crippen LogP contribution in [0.15, 0.2) is 5.16 Å². The van der Waals surface area contributed by atoms with Crippen molar-refractivity contribution in [3.05, 3.63) is 0 Å². The number of rotatable bonds is 1. The Bertz CT molecular complexity index is 71.5. The zero-order valence-electron chi connectivity index (χ0n) is 6.51. The largest absolute Gasteiger partial charge is 0.411 e. The van der Waals surface area contributed by atoms with Crippen molar-refractivity contribution in [1.82, 2.24) is 0 Å². The standard InChI is InChI=1S/C4H9NO.C2H6O/c1-3-4(2)5-6;1-3-2/h6H,3H2,1-2H3;1-2H3. The van der Waals surface area contributed by atoms with E-state index in [1.165, 1.54) is 0 Å². The molecule has 0 saturated heterocycles. The van der Waals surface area contributed by atoms with Crippen molar-refractivity contribution in [2.45, 2.75) is 20.3 Å². The van der Waals surface area contributed by atoms with Crippen molar-refractivity contribution in [1.29, 1.82) is 0 Å². The van der Waals surface area contributed by atoms with Gasteiger partial charge in [0.05, 0.1) is 5.71 Å². The fraction of sp³-hybridized carbons (Fsp3) is 0.833. The maximum Gasteiger partial charge on any atom is 0.0537 e. The molecule has 0 radical (unpaired) electrons. The molecule has 0 amide bonds. The smallest absolute Gasteiger partial charge is 0.0537 e. The Kier molecular flexibility index (Phi) is 13.0. The average molecular weight is 133 g/mol. The van der Waals surface area contributed by atoms with Crippen LogP contribution in [0.5, 0.6) is 0 Å². The minimum absolute atomic E-state index is 0.773. The van der Waals surface area contributed by atoms with E-state index in [0.717, 1.165) is 12.1 Å². The van der Waals surface area contributed by atoms with Gasteiger partial charge in [0.15, 0.2) is 0 Å². The molecule has 0 aliphatic rings. The highest BCUT2D eigenvalue weighted by Gasteiger charge is 1.77. The topological polar surface area (TPSA) is 41.8 Å². The fourth-order valence-corrected chi connectivity index (χ4v) is 0.0707. The molecule has 0 aliphatic carbocycles. The Labute approximate surface area is 56.3 Å². The number of nitrogens with zero attached hydrogens (tertiary/aromatic N) is 1. The third-order valence-electron chi connectivity index (χ3n) is 0.682. The molecule has 0 rings (SSSR count). The van der Waals surface area contributed by atoms with Crippen molar-refractivity contribution in [3.63, 3.8) is 0 Å². The molecule has 0 atom stereocenters. The lowest BCUT2D eigenvalue weighted by Gasteiger charge is -1.81. The molecule has 0 bridgehead atoms. The molecule has 0 unspecified atom stereocenters. The van der Waals surface area contributed by atoms with E-state index >= 15 is 0 Å². The second-order valence-electron chi connectivity index (χ2n) is 1.60. The second kappa shape index (κ2) is 10.4. The van der Waals surface area contributed by atoms with Crippen molar-refractivity contribution in [2.75, 3.05) is 14.2 Å². The fourth-order valence-electron chi connectivity index (χ4n) is 0.0707. The molecule has 1 N–H and O–H groups in total. The van der Waals surface area contributed by atoms with E-state index in [1.807, 2.05) is 6.92 Å². The first-order chi connectivity index (χ1) is 4.22. The second-order valence-corrected chi connectivity index (χ2v) is 1.60. The van der Waals surface area contributed by atoms with Gasteiger partial charge in [-0.2, -0.15) is 0 Å². The van der Waals surface area contributed by atoms with Crippen LogP contribution in [0, 0.1) is 0 Å². The van der Waals surface area contributed by atoms with Gasteiger partial charge in [-0.15, -0.1) is 0 Å². The number of ether oxygens (including phenoxy) is 1. The van der Waals surface area contributed by atoms with E-state index in [9.17, 15) is 0 Å². The first-order valence-corrected chi connectivity index (χ1v) is 2.80. The molecule has 0 aliphatic heterocycles. The van der Waals surface area contributed by atoms with Gasteiger partial charge in [-0.05, 0) is 13.3 Å². The van der Waals surface area contributed by atoms with Gasteiger partial charge in [-0.3, -0.25) is 0 Å². The summed E-state index contributed by atoms with van der Waals surface area (Å²) in [5.74, 6) is 0. The Morgan fingerprint density at radius 1 is 1.56 bits per heavy atom. The summed E-state index contributed by atoms with van der Waals surface area (Å²) in [4.78, 5) is 0. The third-order valence-corrected chi connectivity index (χ3v) is 0.682. The summed E-state index contributed by atoms with van der Waals surface area (Å²) in [5, 5.41) is 10.8. The zero-order chi connectivity index (χ0) is 7.70. The molecule has 3 heteroatoms. The van der Waals surface area contributed by atoms with Gasteiger partial charge in [0.2, 0.25) is 0 Å². The molecule has 9 heavy (non-hydrogen) atoms. The molecule has 0 aromatic heterocycles. The molecule has 0 fully saturated rings. The van der Waals surface area contributed by atoms with Crippen LogP contribution in [0.2, 0.25) is 0 Å². The Balaban J connectivity index is 0. The minimum atomic E-state index is 0.773. The van der Waals surface area contributed by atoms with Crippen LogP contribution < -0.4 is 0 Å². The highest BCUT2D eigenvalue weighted by atomic mass is 16.4. The quantitative estimate of drug-likeness (QED) is 0.334. The van der Waals surface area contributed by atoms with Crippen LogP contribution in [0.3, 0.4) is 0 Å². The molecule has 3 nitrogen and oxygen atoms in total. The lowest BCUT2D eigenvalue weighted by atomic mass is 10.3. The number of oxime groups is 1. The molecule has 0 aromatic rings. The van der Waals surface area contributed by atoms with E-state index in [2.05, 4.69) is 9.89 Å². The number of methoxy groups -OCH3 is 1. The van der Waals surface area contributed by atoms with Crippen LogP contribution in [-0.2, 0) is 4.74 Å². The van der Waals surface area contributed by atoms with Crippen molar-refractivity contribution in [3.8, 4) is 0 Å². The van der Waals surface area contributed by atoms with E-state index in [0.29, 0.717) is 0 Å². The summed E-state index contributed by atoms with van der Waals surface area (Å²) >= 11 is 0. The molecule has 0 heterocycles. The first kappa shape index (κ1) is 11.3. The predicted molar refractivity (Wildman–Crippen MR) is 38.1 cm³/mol. The summed E-state index contributed by atoms with van der Waals surface area (Å²) in [6.45, 7) is 3.72. The molecule has 0 spiro atoms. The summed E-state index contributed by atoms with van der Waals surface area (Å²) < 4.78 is 4.25. The predicted octanol–water partition coefficient (Wildman–Crippen LogP) is 1.51. The average Bonchev–Trinajstić information content (AvgIpc) is 1.88. The Hall–Kier alpha value is -0.570. The Morgan fingerprint density at radius 3 is 1.89 bits per heavy atom. The van der Waals surface area contributed by atoms with Crippen LogP contribution in [0.4, 0.5) is 0 Å². The number of hydrogen-bond acceptors (Lipinski definition) is 3. The van der Waals surface area contributed by atoms with Crippen molar-refractivity contribution < 1.29 is 9.94 Å². The van der Waals surface area contributed by atoms with Crippen molar-refractivity contribution in [2.24, 2.45) is 5.16 Å². The van der Waals surface area contributed by atoms with Gasteiger partial charge in [0, 0.05) is 14.2 Å². The highest BCUT2D eigenvalue weighted by molar-refractivity contribution is 5.80. The van der Waals surface area contributed by atoms with Gasteiger partial charge < -0.3 is 9.94 Å². The SMILES string of the molecule is CCC(C)=NO.COC. The van der Waals surface area contributed by atoms with E-state index in [-0.39, 0.29) is 0 Å². The third kappa shape index (κ3) is 18.6. The van der Waals surface area contributed by atoms with Crippen LogP contribution in [0.1, 0.15) is 20.3 Å². The maximum atomic E-state index is 7.92. The van der Waals surface area contributed by atoms with Gasteiger partial charge in [0.1, 0.15) is 0 Å². The molecular weight excluding hydrogens is 118 g/mol. The lowest BCUT2D eigenvalue weighted by molar-refractivity contribution is 0.277. The van der Waals surface area contributed by atoms with Crippen LogP contribution >= 0.6 is 0 Å². The lowest BCUT2D eigenvalue weighted by Crippen LogP contribution is -1.83. The number of hydrogen-bond donors (Lipinski definition) is 1. The molecule has 0 saturated carbocycles. The van der Waals surface area contributed by atoms with Gasteiger partial charge in [-0.1, -0.05) is 12.1 Å². The zero-order valence-corrected chi connectivity index (χ0v) is 6.51. The van der Waals surface area contributed by atoms with E-state index < -0.39 is 0 Å². The summed E-state index contributed by atoms with van der Waals surface area (Å²) in [7, 11) is 3.25. The molecular formula is C6H15NO2. The Morgan fingerprint density at radius 2 is 1.89 bits per heavy atom.